The Balaban J connectivity index is 1.44. The number of anilines is 3. The van der Waals surface area contributed by atoms with E-state index in [1.54, 1.807) is 38.0 Å². The molecule has 2 N–H and O–H groups in total. The number of thiazole rings is 2. The van der Waals surface area contributed by atoms with Gasteiger partial charge >= 0.3 is 0 Å². The molecule has 0 saturated carbocycles. The van der Waals surface area contributed by atoms with Crippen LogP contribution in [0.15, 0.2) is 51.8 Å². The van der Waals surface area contributed by atoms with E-state index in [4.69, 9.17) is 13.9 Å². The molecule has 148 valence electrons. The van der Waals surface area contributed by atoms with E-state index in [0.717, 1.165) is 5.69 Å². The Morgan fingerprint density at radius 3 is 2.69 bits per heavy atom. The number of benzene rings is 1. The molecule has 0 saturated heterocycles. The van der Waals surface area contributed by atoms with E-state index in [-0.39, 0.29) is 5.91 Å². The molecule has 0 aliphatic carbocycles. The fourth-order valence-electron chi connectivity index (χ4n) is 2.48. The molecule has 0 aliphatic rings. The summed E-state index contributed by atoms with van der Waals surface area (Å²) < 4.78 is 15.9. The van der Waals surface area contributed by atoms with E-state index in [1.807, 2.05) is 23.6 Å². The van der Waals surface area contributed by atoms with Crippen LogP contribution in [0.25, 0.3) is 11.5 Å². The summed E-state index contributed by atoms with van der Waals surface area (Å²) in [7, 11) is 3.17. The third-order valence-electron chi connectivity index (χ3n) is 3.89. The smallest absolute Gasteiger partial charge is 0.276 e. The molecule has 0 spiro atoms. The lowest BCUT2D eigenvalue weighted by molar-refractivity contribution is 0.102. The van der Waals surface area contributed by atoms with Crippen molar-refractivity contribution in [2.75, 3.05) is 24.9 Å². The Hall–Kier alpha value is -3.37. The van der Waals surface area contributed by atoms with E-state index in [2.05, 4.69) is 20.6 Å². The van der Waals surface area contributed by atoms with Gasteiger partial charge in [0.15, 0.2) is 16.0 Å². The fraction of sp³-hybridized carbons (Fsp3) is 0.105. The van der Waals surface area contributed by atoms with Crippen LogP contribution in [-0.4, -0.2) is 30.1 Å². The van der Waals surface area contributed by atoms with Gasteiger partial charge in [-0.25, -0.2) is 9.97 Å². The minimum absolute atomic E-state index is 0.291. The quantitative estimate of drug-likeness (QED) is 0.433. The first kappa shape index (κ1) is 19.0. The Morgan fingerprint density at radius 2 is 1.93 bits per heavy atom. The number of carbonyl (C=O) groups is 1. The topological polar surface area (TPSA) is 98.5 Å². The van der Waals surface area contributed by atoms with Crippen molar-refractivity contribution >= 4 is 44.5 Å². The summed E-state index contributed by atoms with van der Waals surface area (Å²) in [6, 6.07) is 9.00. The van der Waals surface area contributed by atoms with Gasteiger partial charge in [-0.2, -0.15) is 0 Å². The number of hydrogen-bond acceptors (Lipinski definition) is 9. The van der Waals surface area contributed by atoms with Crippen LogP contribution in [0.1, 0.15) is 10.5 Å². The second-order valence-corrected chi connectivity index (χ2v) is 7.41. The first-order valence-corrected chi connectivity index (χ1v) is 10.2. The molecule has 0 unspecified atom stereocenters. The summed E-state index contributed by atoms with van der Waals surface area (Å²) in [5.41, 5.74) is 1.68. The zero-order valence-corrected chi connectivity index (χ0v) is 17.1. The average molecular weight is 428 g/mol. The van der Waals surface area contributed by atoms with Crippen molar-refractivity contribution in [2.24, 2.45) is 0 Å². The third-order valence-corrected chi connectivity index (χ3v) is 5.40. The number of aromatic nitrogens is 2. The predicted octanol–water partition coefficient (Wildman–Crippen LogP) is 4.87. The van der Waals surface area contributed by atoms with Gasteiger partial charge in [0.25, 0.3) is 5.91 Å². The molecule has 0 radical (unpaired) electrons. The number of nitrogens with one attached hydrogen (secondary N) is 2. The normalized spacial score (nSPS) is 10.6. The molecule has 29 heavy (non-hydrogen) atoms. The zero-order valence-electron chi connectivity index (χ0n) is 15.5. The number of rotatable bonds is 7. The van der Waals surface area contributed by atoms with E-state index in [9.17, 15) is 4.79 Å². The highest BCUT2D eigenvalue weighted by atomic mass is 32.1. The van der Waals surface area contributed by atoms with Crippen LogP contribution in [0, 0.1) is 0 Å². The molecule has 8 nitrogen and oxygen atoms in total. The number of carbonyl (C=O) groups excluding carboxylic acids is 1. The number of furan rings is 1. The van der Waals surface area contributed by atoms with Crippen LogP contribution in [0.5, 0.6) is 11.5 Å². The lowest BCUT2D eigenvalue weighted by Gasteiger charge is -2.10. The summed E-state index contributed by atoms with van der Waals surface area (Å²) in [4.78, 5) is 21.2. The molecular formula is C19H16N4O4S2. The minimum atomic E-state index is -0.337. The molecule has 0 atom stereocenters. The van der Waals surface area contributed by atoms with Crippen molar-refractivity contribution in [3.05, 3.63) is 53.0 Å². The molecule has 3 heterocycles. The summed E-state index contributed by atoms with van der Waals surface area (Å²) in [6.07, 6.45) is 1.58. The summed E-state index contributed by atoms with van der Waals surface area (Å²) >= 11 is 2.63. The molecule has 0 bridgehead atoms. The van der Waals surface area contributed by atoms with E-state index < -0.39 is 0 Å². The highest BCUT2D eigenvalue weighted by Crippen LogP contribution is 2.32. The van der Waals surface area contributed by atoms with Gasteiger partial charge in [-0.3, -0.25) is 10.1 Å². The largest absolute Gasteiger partial charge is 0.497 e. The second-order valence-electron chi connectivity index (χ2n) is 5.70. The van der Waals surface area contributed by atoms with Crippen LogP contribution < -0.4 is 20.1 Å². The number of hydrogen-bond donors (Lipinski definition) is 2. The monoisotopic (exact) mass is 428 g/mol. The maximum atomic E-state index is 12.5. The lowest BCUT2D eigenvalue weighted by atomic mass is 10.3. The molecule has 1 amide bonds. The van der Waals surface area contributed by atoms with Crippen LogP contribution in [0.4, 0.5) is 16.0 Å². The average Bonchev–Trinajstić information content (AvgIpc) is 3.49. The van der Waals surface area contributed by atoms with Gasteiger partial charge < -0.3 is 19.2 Å². The number of nitrogens with zero attached hydrogens (tertiary/aromatic N) is 2. The Bertz CT molecular complexity index is 1120. The summed E-state index contributed by atoms with van der Waals surface area (Å²) in [6.45, 7) is 0. The van der Waals surface area contributed by atoms with Crippen LogP contribution >= 0.6 is 22.7 Å². The first-order chi connectivity index (χ1) is 14.2. The summed E-state index contributed by atoms with van der Waals surface area (Å²) in [5, 5.41) is 10.4. The Labute approximate surface area is 174 Å². The van der Waals surface area contributed by atoms with Gasteiger partial charge in [-0.1, -0.05) is 0 Å². The molecule has 3 aromatic heterocycles. The van der Waals surface area contributed by atoms with Crippen molar-refractivity contribution in [1.82, 2.24) is 9.97 Å². The van der Waals surface area contributed by atoms with Gasteiger partial charge in [0.2, 0.25) is 0 Å². The van der Waals surface area contributed by atoms with E-state index >= 15 is 0 Å². The fourth-order valence-corrected chi connectivity index (χ4v) is 3.88. The number of ether oxygens (including phenoxy) is 2. The molecular weight excluding hydrogens is 412 g/mol. The highest BCUT2D eigenvalue weighted by molar-refractivity contribution is 7.14. The van der Waals surface area contributed by atoms with Crippen LogP contribution in [0.2, 0.25) is 0 Å². The number of methoxy groups -OCH3 is 2. The van der Waals surface area contributed by atoms with Crippen molar-refractivity contribution in [2.45, 2.75) is 0 Å². The standard InChI is InChI=1S/C19H16N4O4S2/c1-25-11-5-6-12(16(8-11)26-2)20-18-22-14(10-29-18)17(24)23-19-21-13(9-28-19)15-4-3-7-27-15/h3-10H,1-2H3,(H,20,22)(H,21,23,24). The highest BCUT2D eigenvalue weighted by Gasteiger charge is 2.15. The van der Waals surface area contributed by atoms with Crippen molar-refractivity contribution in [3.8, 4) is 23.0 Å². The molecule has 4 aromatic rings. The maximum Gasteiger partial charge on any atom is 0.276 e. The zero-order chi connectivity index (χ0) is 20.2. The molecule has 0 aliphatic heterocycles. The predicted molar refractivity (Wildman–Crippen MR) is 113 cm³/mol. The molecule has 10 heteroatoms. The van der Waals surface area contributed by atoms with Gasteiger partial charge in [-0.15, -0.1) is 22.7 Å². The van der Waals surface area contributed by atoms with Gasteiger partial charge in [0.1, 0.15) is 22.9 Å². The third kappa shape index (κ3) is 4.23. The molecule has 0 fully saturated rings. The van der Waals surface area contributed by atoms with Crippen molar-refractivity contribution in [3.63, 3.8) is 0 Å². The van der Waals surface area contributed by atoms with E-state index in [0.29, 0.717) is 38.9 Å². The van der Waals surface area contributed by atoms with Gasteiger partial charge in [0.05, 0.1) is 26.2 Å². The Morgan fingerprint density at radius 1 is 1.07 bits per heavy atom. The van der Waals surface area contributed by atoms with Gasteiger partial charge in [-0.05, 0) is 24.3 Å². The lowest BCUT2D eigenvalue weighted by Crippen LogP contribution is -2.12. The van der Waals surface area contributed by atoms with Crippen molar-refractivity contribution < 1.29 is 18.7 Å². The van der Waals surface area contributed by atoms with E-state index in [1.165, 1.54) is 22.7 Å². The summed E-state index contributed by atoms with van der Waals surface area (Å²) in [5.74, 6) is 1.61. The maximum absolute atomic E-state index is 12.5. The van der Waals surface area contributed by atoms with Crippen LogP contribution in [0.3, 0.4) is 0 Å². The Kier molecular flexibility index (Phi) is 5.45. The SMILES string of the molecule is COc1ccc(Nc2nc(C(=O)Nc3nc(-c4ccco4)cs3)cs2)c(OC)c1. The molecule has 1 aromatic carbocycles. The minimum Gasteiger partial charge on any atom is -0.497 e. The number of amides is 1. The van der Waals surface area contributed by atoms with Crippen LogP contribution in [-0.2, 0) is 0 Å². The second kappa shape index (κ2) is 8.33. The van der Waals surface area contributed by atoms with Gasteiger partial charge in [0, 0.05) is 16.8 Å². The molecule has 4 rings (SSSR count). The first-order valence-electron chi connectivity index (χ1n) is 8.41. The van der Waals surface area contributed by atoms with Crippen molar-refractivity contribution in [1.29, 1.82) is 0 Å².